The van der Waals surface area contributed by atoms with Gasteiger partial charge < -0.3 is 10.0 Å². The van der Waals surface area contributed by atoms with E-state index in [1.54, 1.807) is 17.5 Å². The highest BCUT2D eigenvalue weighted by Crippen LogP contribution is 2.42. The van der Waals surface area contributed by atoms with Crippen LogP contribution in [0.15, 0.2) is 29.6 Å². The average Bonchev–Trinajstić information content (AvgIpc) is 3.36. The number of nitro groups is 1. The number of carboxylic acids is 1. The molecule has 4 rings (SSSR count). The predicted octanol–water partition coefficient (Wildman–Crippen LogP) is 3.04. The summed E-state index contributed by atoms with van der Waals surface area (Å²) >= 11 is 1.26. The summed E-state index contributed by atoms with van der Waals surface area (Å²) in [6.45, 7) is 0.463. The van der Waals surface area contributed by atoms with Crippen LogP contribution in [0.3, 0.4) is 0 Å². The van der Waals surface area contributed by atoms with Gasteiger partial charge in [0.2, 0.25) is 0 Å². The minimum absolute atomic E-state index is 0.0143. The molecule has 3 atom stereocenters. The lowest BCUT2D eigenvalue weighted by Gasteiger charge is -2.23. The molecule has 1 N–H and O–H groups in total. The van der Waals surface area contributed by atoms with Crippen LogP contribution in [0.4, 0.5) is 5.69 Å². The summed E-state index contributed by atoms with van der Waals surface area (Å²) in [7, 11) is 0. The molecule has 3 unspecified atom stereocenters. The number of nitro benzene ring substituents is 1. The largest absolute Gasteiger partial charge is 0.480 e. The summed E-state index contributed by atoms with van der Waals surface area (Å²) in [4.78, 5) is 40.7. The standard InChI is InChI=1S/C18H17N3O5S/c22-17(20-8-11-2-1-3-13(11)15(20)18(23)24)14-9-27-16(19-14)10-4-6-12(7-5-10)21(25)26/h4-7,9,11,13,15H,1-3,8H2,(H,23,24). The number of likely N-dealkylation sites (tertiary alicyclic amines) is 1. The maximum Gasteiger partial charge on any atom is 0.326 e. The lowest BCUT2D eigenvalue weighted by molar-refractivity contribution is -0.384. The highest BCUT2D eigenvalue weighted by atomic mass is 32.1. The zero-order valence-corrected chi connectivity index (χ0v) is 15.1. The Kier molecular flexibility index (Phi) is 4.39. The Balaban J connectivity index is 1.56. The van der Waals surface area contributed by atoms with E-state index in [1.807, 2.05) is 0 Å². The predicted molar refractivity (Wildman–Crippen MR) is 97.5 cm³/mol. The first-order chi connectivity index (χ1) is 13.0. The molecule has 2 aliphatic rings. The van der Waals surface area contributed by atoms with Crippen molar-refractivity contribution >= 4 is 28.9 Å². The Labute approximate surface area is 158 Å². The lowest BCUT2D eigenvalue weighted by Crippen LogP contribution is -2.43. The molecule has 27 heavy (non-hydrogen) atoms. The number of carbonyl (C=O) groups excluding carboxylic acids is 1. The van der Waals surface area contributed by atoms with Crippen LogP contribution in [-0.2, 0) is 4.79 Å². The molecular weight excluding hydrogens is 370 g/mol. The van der Waals surface area contributed by atoms with E-state index in [0.717, 1.165) is 19.3 Å². The molecule has 1 saturated carbocycles. The van der Waals surface area contributed by atoms with Crippen LogP contribution in [0.1, 0.15) is 29.8 Å². The molecule has 1 aromatic heterocycles. The van der Waals surface area contributed by atoms with E-state index < -0.39 is 16.9 Å². The number of non-ortho nitro benzene ring substituents is 1. The van der Waals surface area contributed by atoms with Crippen LogP contribution in [0, 0.1) is 22.0 Å². The van der Waals surface area contributed by atoms with Crippen LogP contribution in [0.2, 0.25) is 0 Å². The van der Waals surface area contributed by atoms with Gasteiger partial charge in [-0.05, 0) is 36.8 Å². The minimum atomic E-state index is -0.955. The maximum atomic E-state index is 12.9. The van der Waals surface area contributed by atoms with Crippen molar-refractivity contribution in [1.82, 2.24) is 9.88 Å². The topological polar surface area (TPSA) is 114 Å². The van der Waals surface area contributed by atoms with E-state index in [0.29, 0.717) is 17.1 Å². The van der Waals surface area contributed by atoms with Gasteiger partial charge in [-0.25, -0.2) is 9.78 Å². The van der Waals surface area contributed by atoms with E-state index in [-0.39, 0.29) is 29.1 Å². The molecule has 2 aromatic rings. The summed E-state index contributed by atoms with van der Waals surface area (Å²) in [5, 5.41) is 22.6. The van der Waals surface area contributed by atoms with Crippen LogP contribution >= 0.6 is 11.3 Å². The summed E-state index contributed by atoms with van der Waals surface area (Å²) in [5.74, 6) is -1.04. The zero-order chi connectivity index (χ0) is 19.1. The summed E-state index contributed by atoms with van der Waals surface area (Å²) < 4.78 is 0. The van der Waals surface area contributed by atoms with Gasteiger partial charge in [0, 0.05) is 29.6 Å². The quantitative estimate of drug-likeness (QED) is 0.637. The second-order valence-electron chi connectivity index (χ2n) is 6.94. The fourth-order valence-electron chi connectivity index (χ4n) is 4.21. The smallest absolute Gasteiger partial charge is 0.326 e. The molecule has 8 nitrogen and oxygen atoms in total. The minimum Gasteiger partial charge on any atom is -0.480 e. The summed E-state index contributed by atoms with van der Waals surface area (Å²) in [6.07, 6.45) is 2.82. The highest BCUT2D eigenvalue weighted by molar-refractivity contribution is 7.13. The summed E-state index contributed by atoms with van der Waals surface area (Å²) in [5.41, 5.74) is 0.886. The molecular formula is C18H17N3O5S. The molecule has 2 heterocycles. The monoisotopic (exact) mass is 387 g/mol. The SMILES string of the molecule is O=C(O)C1C2CCCC2CN1C(=O)c1csc(-c2ccc([N+](=O)[O-])cc2)n1. The normalized spacial score (nSPS) is 24.0. The number of amides is 1. The van der Waals surface area contributed by atoms with E-state index in [2.05, 4.69) is 4.98 Å². The first kappa shape index (κ1) is 17.6. The van der Waals surface area contributed by atoms with Gasteiger partial charge >= 0.3 is 5.97 Å². The molecule has 140 valence electrons. The summed E-state index contributed by atoms with van der Waals surface area (Å²) in [6, 6.07) is 5.17. The molecule has 1 saturated heterocycles. The van der Waals surface area contributed by atoms with E-state index in [4.69, 9.17) is 0 Å². The fraction of sp³-hybridized carbons (Fsp3) is 0.389. The average molecular weight is 387 g/mol. The number of rotatable bonds is 4. The second-order valence-corrected chi connectivity index (χ2v) is 7.80. The zero-order valence-electron chi connectivity index (χ0n) is 14.3. The molecule has 1 aliphatic heterocycles. The van der Waals surface area contributed by atoms with Crippen molar-refractivity contribution in [2.45, 2.75) is 25.3 Å². The number of fused-ring (bicyclic) bond motifs is 1. The Morgan fingerprint density at radius 1 is 1.26 bits per heavy atom. The molecule has 2 fully saturated rings. The first-order valence-corrected chi connectivity index (χ1v) is 9.58. The number of hydrogen-bond acceptors (Lipinski definition) is 6. The van der Waals surface area contributed by atoms with Crippen LogP contribution in [0.25, 0.3) is 10.6 Å². The molecule has 0 radical (unpaired) electrons. The van der Waals surface area contributed by atoms with Crippen molar-refractivity contribution in [2.24, 2.45) is 11.8 Å². The highest BCUT2D eigenvalue weighted by Gasteiger charge is 2.49. The third-order valence-corrected chi connectivity index (χ3v) is 6.34. The van der Waals surface area contributed by atoms with Gasteiger partial charge in [-0.1, -0.05) is 6.42 Å². The van der Waals surface area contributed by atoms with Crippen molar-refractivity contribution in [2.75, 3.05) is 6.54 Å². The van der Waals surface area contributed by atoms with E-state index >= 15 is 0 Å². The molecule has 1 aromatic carbocycles. The van der Waals surface area contributed by atoms with Gasteiger partial charge in [-0.2, -0.15) is 0 Å². The number of hydrogen-bond donors (Lipinski definition) is 1. The van der Waals surface area contributed by atoms with E-state index in [1.165, 1.54) is 28.4 Å². The van der Waals surface area contributed by atoms with Gasteiger partial charge in [-0.3, -0.25) is 14.9 Å². The van der Waals surface area contributed by atoms with Gasteiger partial charge in [0.1, 0.15) is 16.7 Å². The number of thiazole rings is 1. The molecule has 9 heteroatoms. The third kappa shape index (κ3) is 3.08. The third-order valence-electron chi connectivity index (χ3n) is 5.45. The molecule has 0 spiro atoms. The van der Waals surface area contributed by atoms with Crippen molar-refractivity contribution in [3.8, 4) is 10.6 Å². The fourth-order valence-corrected chi connectivity index (χ4v) is 5.01. The Hall–Kier alpha value is -2.81. The molecule has 0 bridgehead atoms. The van der Waals surface area contributed by atoms with Crippen LogP contribution < -0.4 is 0 Å². The van der Waals surface area contributed by atoms with Crippen molar-refractivity contribution < 1.29 is 19.6 Å². The number of aliphatic carboxylic acids is 1. The van der Waals surface area contributed by atoms with Gasteiger partial charge in [-0.15, -0.1) is 11.3 Å². The van der Waals surface area contributed by atoms with E-state index in [9.17, 15) is 24.8 Å². The molecule has 1 amide bonds. The molecule has 1 aliphatic carbocycles. The Bertz CT molecular complexity index is 910. The van der Waals surface area contributed by atoms with Crippen LogP contribution in [-0.4, -0.2) is 44.4 Å². The van der Waals surface area contributed by atoms with Crippen molar-refractivity contribution in [3.05, 3.63) is 45.5 Å². The van der Waals surface area contributed by atoms with Crippen molar-refractivity contribution in [1.29, 1.82) is 0 Å². The van der Waals surface area contributed by atoms with Crippen molar-refractivity contribution in [3.63, 3.8) is 0 Å². The van der Waals surface area contributed by atoms with Crippen LogP contribution in [0.5, 0.6) is 0 Å². The number of carbonyl (C=O) groups is 2. The number of aromatic nitrogens is 1. The lowest BCUT2D eigenvalue weighted by atomic mass is 9.94. The van der Waals surface area contributed by atoms with Gasteiger partial charge in [0.25, 0.3) is 11.6 Å². The second kappa shape index (κ2) is 6.73. The number of benzene rings is 1. The Morgan fingerprint density at radius 2 is 2.00 bits per heavy atom. The number of nitrogens with zero attached hydrogens (tertiary/aromatic N) is 3. The van der Waals surface area contributed by atoms with Gasteiger partial charge in [0.05, 0.1) is 4.92 Å². The number of carboxylic acid groups (broad SMARTS) is 1. The maximum absolute atomic E-state index is 12.9. The Morgan fingerprint density at radius 3 is 2.67 bits per heavy atom. The first-order valence-electron chi connectivity index (χ1n) is 8.70. The van der Waals surface area contributed by atoms with Gasteiger partial charge in [0.15, 0.2) is 0 Å².